The first kappa shape index (κ1) is 22.1. The van der Waals surface area contributed by atoms with Crippen molar-refractivity contribution in [2.45, 2.75) is 70.4 Å². The number of piperidine rings is 1. The molecule has 0 bridgehead atoms. The highest BCUT2D eigenvalue weighted by atomic mass is 32.2. The van der Waals surface area contributed by atoms with Gasteiger partial charge < -0.3 is 10.2 Å². The third-order valence-corrected chi connectivity index (χ3v) is 8.22. The van der Waals surface area contributed by atoms with Gasteiger partial charge in [-0.15, -0.1) is 0 Å². The second-order valence-corrected chi connectivity index (χ2v) is 11.2. The molecule has 0 spiro atoms. The van der Waals surface area contributed by atoms with Crippen LogP contribution in [0, 0.1) is 5.92 Å². The number of hydrogen-bond acceptors (Lipinski definition) is 4. The molecule has 7 nitrogen and oxygen atoms in total. The second kappa shape index (κ2) is 8.81. The molecule has 1 saturated heterocycles. The molecule has 1 atom stereocenters. The number of rotatable bonds is 4. The molecule has 0 aromatic heterocycles. The highest BCUT2D eigenvalue weighted by Gasteiger charge is 2.33. The first-order valence-electron chi connectivity index (χ1n) is 11.5. The van der Waals surface area contributed by atoms with Crippen LogP contribution in [0.1, 0.15) is 67.8 Å². The summed E-state index contributed by atoms with van der Waals surface area (Å²) in [6.45, 7) is 3.28. The Morgan fingerprint density at radius 3 is 2.35 bits per heavy atom. The van der Waals surface area contributed by atoms with Gasteiger partial charge in [0.15, 0.2) is 0 Å². The lowest BCUT2D eigenvalue weighted by atomic mass is 9.87. The molecule has 1 N–H and O–H groups in total. The number of carbonyl (C=O) groups excluding carboxylic acids is 2. The van der Waals surface area contributed by atoms with Crippen LogP contribution in [0.25, 0.3) is 0 Å². The second-order valence-electron chi connectivity index (χ2n) is 9.36. The summed E-state index contributed by atoms with van der Waals surface area (Å²) in [6.07, 6.45) is 8.95. The Labute approximate surface area is 185 Å². The third kappa shape index (κ3) is 4.73. The van der Waals surface area contributed by atoms with Crippen molar-refractivity contribution < 1.29 is 18.0 Å². The Hall–Kier alpha value is -2.09. The van der Waals surface area contributed by atoms with Crippen LogP contribution in [-0.2, 0) is 21.2 Å². The molecule has 1 aliphatic carbocycles. The Bertz CT molecular complexity index is 948. The third-order valence-electron chi connectivity index (χ3n) is 6.95. The molecule has 31 heavy (non-hydrogen) atoms. The maximum Gasteiger partial charge on any atom is 0.251 e. The number of likely N-dealkylation sites (tertiary alicyclic amines) is 1. The van der Waals surface area contributed by atoms with Crippen molar-refractivity contribution in [1.82, 2.24) is 10.2 Å². The fourth-order valence-corrected chi connectivity index (χ4v) is 6.63. The number of sulfonamides is 1. The molecule has 1 unspecified atom stereocenters. The van der Waals surface area contributed by atoms with Gasteiger partial charge in [0.1, 0.15) is 0 Å². The normalized spacial score (nSPS) is 23.0. The molecule has 170 valence electrons. The topological polar surface area (TPSA) is 86.8 Å². The van der Waals surface area contributed by atoms with Crippen molar-refractivity contribution in [3.63, 3.8) is 0 Å². The number of anilines is 1. The van der Waals surface area contributed by atoms with E-state index < -0.39 is 10.0 Å². The van der Waals surface area contributed by atoms with E-state index in [-0.39, 0.29) is 23.9 Å². The summed E-state index contributed by atoms with van der Waals surface area (Å²) >= 11 is 0. The molecule has 3 aliphatic rings. The van der Waals surface area contributed by atoms with Crippen LogP contribution in [0.2, 0.25) is 0 Å². The average molecular weight is 448 g/mol. The van der Waals surface area contributed by atoms with Gasteiger partial charge in [-0.05, 0) is 62.8 Å². The predicted octanol–water partition coefficient (Wildman–Crippen LogP) is 2.70. The van der Waals surface area contributed by atoms with Gasteiger partial charge in [-0.25, -0.2) is 8.42 Å². The molecule has 2 heterocycles. The number of hydrogen-bond donors (Lipinski definition) is 1. The van der Waals surface area contributed by atoms with Gasteiger partial charge in [-0.2, -0.15) is 0 Å². The zero-order chi connectivity index (χ0) is 22.2. The maximum absolute atomic E-state index is 12.8. The number of nitrogens with one attached hydrogen (secondary N) is 1. The van der Waals surface area contributed by atoms with E-state index in [4.69, 9.17) is 0 Å². The Morgan fingerprint density at radius 1 is 1.03 bits per heavy atom. The number of carbonyl (C=O) groups is 2. The minimum Gasteiger partial charge on any atom is -0.349 e. The van der Waals surface area contributed by atoms with Crippen LogP contribution in [0.5, 0.6) is 0 Å². The summed E-state index contributed by atoms with van der Waals surface area (Å²) in [7, 11) is -3.34. The van der Waals surface area contributed by atoms with E-state index in [1.165, 1.54) is 17.0 Å². The molecule has 8 heteroatoms. The fourth-order valence-electron chi connectivity index (χ4n) is 5.37. The van der Waals surface area contributed by atoms with Gasteiger partial charge in [0, 0.05) is 36.7 Å². The molecule has 2 fully saturated rings. The Balaban J connectivity index is 1.34. The molecular formula is C23H33N3O4S. The molecule has 0 radical (unpaired) electrons. The van der Waals surface area contributed by atoms with Gasteiger partial charge in [0.25, 0.3) is 5.91 Å². The van der Waals surface area contributed by atoms with Crippen LogP contribution >= 0.6 is 0 Å². The predicted molar refractivity (Wildman–Crippen MR) is 121 cm³/mol. The minimum atomic E-state index is -3.34. The van der Waals surface area contributed by atoms with Gasteiger partial charge >= 0.3 is 0 Å². The SMILES string of the molecule is CC1Cc2cc(C(=O)NC3CCN(C(=O)C4CCCCC4)CC3)ccc2N1S(C)(=O)=O. The summed E-state index contributed by atoms with van der Waals surface area (Å²) in [5.41, 5.74) is 2.11. The van der Waals surface area contributed by atoms with E-state index in [1.54, 1.807) is 12.1 Å². The zero-order valence-electron chi connectivity index (χ0n) is 18.5. The lowest BCUT2D eigenvalue weighted by Gasteiger charge is -2.35. The van der Waals surface area contributed by atoms with Crippen molar-refractivity contribution in [2.75, 3.05) is 23.7 Å². The van der Waals surface area contributed by atoms with E-state index in [9.17, 15) is 18.0 Å². The van der Waals surface area contributed by atoms with E-state index in [0.29, 0.717) is 36.7 Å². The molecule has 1 saturated carbocycles. The lowest BCUT2D eigenvalue weighted by Crippen LogP contribution is -2.48. The zero-order valence-corrected chi connectivity index (χ0v) is 19.3. The van der Waals surface area contributed by atoms with Gasteiger partial charge in [0.2, 0.25) is 15.9 Å². The molecule has 1 aromatic carbocycles. The van der Waals surface area contributed by atoms with Crippen LogP contribution in [-0.4, -0.2) is 56.6 Å². The van der Waals surface area contributed by atoms with Crippen LogP contribution in [0.4, 0.5) is 5.69 Å². The summed E-state index contributed by atoms with van der Waals surface area (Å²) in [5.74, 6) is 0.359. The first-order valence-corrected chi connectivity index (χ1v) is 13.3. The van der Waals surface area contributed by atoms with Crippen molar-refractivity contribution in [1.29, 1.82) is 0 Å². The standard InChI is InChI=1S/C23H33N3O4S/c1-16-14-19-15-18(8-9-21(19)26(16)31(2,29)30)22(27)24-20-10-12-25(13-11-20)23(28)17-6-4-3-5-7-17/h8-9,15-17,20H,3-7,10-14H2,1-2H3,(H,24,27). The van der Waals surface area contributed by atoms with Gasteiger partial charge in [-0.3, -0.25) is 13.9 Å². The highest BCUT2D eigenvalue weighted by Crippen LogP contribution is 2.34. The lowest BCUT2D eigenvalue weighted by molar-refractivity contribution is -0.137. The van der Waals surface area contributed by atoms with Crippen LogP contribution < -0.4 is 9.62 Å². The average Bonchev–Trinajstić information content (AvgIpc) is 3.09. The first-order chi connectivity index (χ1) is 14.7. The fraction of sp³-hybridized carbons (Fsp3) is 0.652. The van der Waals surface area contributed by atoms with Gasteiger partial charge in [0.05, 0.1) is 11.9 Å². The van der Waals surface area contributed by atoms with Crippen molar-refractivity contribution >= 4 is 27.5 Å². The van der Waals surface area contributed by atoms with E-state index in [1.807, 2.05) is 17.9 Å². The Kier molecular flexibility index (Phi) is 6.28. The minimum absolute atomic E-state index is 0.0580. The van der Waals surface area contributed by atoms with Crippen molar-refractivity contribution in [2.24, 2.45) is 5.92 Å². The molecule has 4 rings (SSSR count). The quantitative estimate of drug-likeness (QED) is 0.769. The monoisotopic (exact) mass is 447 g/mol. The summed E-state index contributed by atoms with van der Waals surface area (Å²) in [4.78, 5) is 27.5. The Morgan fingerprint density at radius 2 is 1.71 bits per heavy atom. The smallest absolute Gasteiger partial charge is 0.251 e. The van der Waals surface area contributed by atoms with Crippen molar-refractivity contribution in [3.05, 3.63) is 29.3 Å². The summed E-state index contributed by atoms with van der Waals surface area (Å²) in [6, 6.07) is 5.16. The van der Waals surface area contributed by atoms with E-state index in [0.717, 1.165) is 44.1 Å². The van der Waals surface area contributed by atoms with Crippen LogP contribution in [0.3, 0.4) is 0 Å². The maximum atomic E-state index is 12.8. The number of amides is 2. The number of nitrogens with zero attached hydrogens (tertiary/aromatic N) is 2. The number of benzene rings is 1. The van der Waals surface area contributed by atoms with Gasteiger partial charge in [-0.1, -0.05) is 19.3 Å². The molecule has 2 aliphatic heterocycles. The van der Waals surface area contributed by atoms with E-state index >= 15 is 0 Å². The highest BCUT2D eigenvalue weighted by molar-refractivity contribution is 7.92. The summed E-state index contributed by atoms with van der Waals surface area (Å²) < 4.78 is 25.6. The summed E-state index contributed by atoms with van der Waals surface area (Å²) in [5, 5.41) is 3.11. The molecule has 2 amide bonds. The largest absolute Gasteiger partial charge is 0.349 e. The van der Waals surface area contributed by atoms with E-state index in [2.05, 4.69) is 5.32 Å². The molecule has 1 aromatic rings. The molecular weight excluding hydrogens is 414 g/mol. The number of fused-ring (bicyclic) bond motifs is 1. The van der Waals surface area contributed by atoms with Crippen molar-refractivity contribution in [3.8, 4) is 0 Å². The van der Waals surface area contributed by atoms with Crippen LogP contribution in [0.15, 0.2) is 18.2 Å².